The van der Waals surface area contributed by atoms with Crippen LogP contribution in [0.25, 0.3) is 0 Å². The van der Waals surface area contributed by atoms with Crippen molar-refractivity contribution in [1.82, 2.24) is 0 Å². The second kappa shape index (κ2) is 5.86. The Morgan fingerprint density at radius 1 is 1.18 bits per heavy atom. The van der Waals surface area contributed by atoms with Crippen molar-refractivity contribution < 1.29 is 27.4 Å². The van der Waals surface area contributed by atoms with Gasteiger partial charge >= 0.3 is 0 Å². The van der Waals surface area contributed by atoms with Crippen LogP contribution < -0.4 is 4.74 Å². The topological polar surface area (TPSA) is 29.5 Å². The van der Waals surface area contributed by atoms with Crippen molar-refractivity contribution in [3.8, 4) is 5.75 Å². The van der Waals surface area contributed by atoms with Gasteiger partial charge in [-0.3, -0.25) is 0 Å². The van der Waals surface area contributed by atoms with Gasteiger partial charge in [0.1, 0.15) is 6.61 Å². The molecule has 0 aromatic heterocycles. The third-order valence-electron chi connectivity index (χ3n) is 2.11. The van der Waals surface area contributed by atoms with Crippen LogP contribution in [0.4, 0.5) is 17.6 Å². The summed E-state index contributed by atoms with van der Waals surface area (Å²) >= 11 is 0. The summed E-state index contributed by atoms with van der Waals surface area (Å²) in [5.41, 5.74) is 0. The molecule has 0 aliphatic carbocycles. The minimum Gasteiger partial charge on any atom is -0.485 e. The van der Waals surface area contributed by atoms with Gasteiger partial charge in [0.05, 0.1) is 6.10 Å². The Morgan fingerprint density at radius 2 is 1.71 bits per heavy atom. The van der Waals surface area contributed by atoms with Gasteiger partial charge in [-0.1, -0.05) is 13.3 Å². The lowest BCUT2D eigenvalue weighted by Crippen LogP contribution is -2.18. The lowest BCUT2D eigenvalue weighted by molar-refractivity contribution is 0.0937. The Bertz CT molecular complexity index is 369. The fourth-order valence-corrected chi connectivity index (χ4v) is 1.27. The highest BCUT2D eigenvalue weighted by atomic mass is 19.2. The van der Waals surface area contributed by atoms with E-state index in [1.807, 2.05) is 0 Å². The summed E-state index contributed by atoms with van der Waals surface area (Å²) in [6.45, 7) is 1.37. The first-order valence-corrected chi connectivity index (χ1v) is 5.11. The number of rotatable bonds is 5. The first-order chi connectivity index (χ1) is 7.97. The first kappa shape index (κ1) is 13.8. The van der Waals surface area contributed by atoms with E-state index in [9.17, 15) is 22.7 Å². The van der Waals surface area contributed by atoms with Gasteiger partial charge in [-0.15, -0.1) is 0 Å². The maximum absolute atomic E-state index is 13.1. The zero-order chi connectivity index (χ0) is 13.0. The molecule has 1 rings (SSSR count). The van der Waals surface area contributed by atoms with Crippen LogP contribution in [0.15, 0.2) is 6.07 Å². The molecule has 0 radical (unpaired) electrons. The van der Waals surface area contributed by atoms with Gasteiger partial charge in [0, 0.05) is 6.07 Å². The van der Waals surface area contributed by atoms with Crippen LogP contribution >= 0.6 is 0 Å². The van der Waals surface area contributed by atoms with Crippen LogP contribution in [0.3, 0.4) is 0 Å². The molecule has 1 unspecified atom stereocenters. The lowest BCUT2D eigenvalue weighted by atomic mass is 10.2. The summed E-state index contributed by atoms with van der Waals surface area (Å²) in [5, 5.41) is 9.27. The van der Waals surface area contributed by atoms with Gasteiger partial charge in [-0.05, 0) is 6.42 Å². The molecule has 6 heteroatoms. The van der Waals surface area contributed by atoms with Gasteiger partial charge < -0.3 is 9.84 Å². The Balaban J connectivity index is 2.83. The predicted octanol–water partition coefficient (Wildman–Crippen LogP) is 2.78. The number of aliphatic hydroxyl groups is 1. The molecular weight excluding hydrogens is 240 g/mol. The Kier molecular flexibility index (Phi) is 4.74. The number of ether oxygens (including phenoxy) is 1. The second-order valence-electron chi connectivity index (χ2n) is 3.55. The van der Waals surface area contributed by atoms with Crippen molar-refractivity contribution in [2.75, 3.05) is 6.61 Å². The smallest absolute Gasteiger partial charge is 0.203 e. The predicted molar refractivity (Wildman–Crippen MR) is 52.7 cm³/mol. The Labute approximate surface area is 95.8 Å². The number of aliphatic hydroxyl groups excluding tert-OH is 1. The van der Waals surface area contributed by atoms with Crippen LogP contribution in [0.1, 0.15) is 19.8 Å². The average Bonchev–Trinajstić information content (AvgIpc) is 2.27. The fraction of sp³-hybridized carbons (Fsp3) is 0.455. The van der Waals surface area contributed by atoms with E-state index in [-0.39, 0.29) is 6.07 Å². The van der Waals surface area contributed by atoms with Crippen molar-refractivity contribution in [2.45, 2.75) is 25.9 Å². The van der Waals surface area contributed by atoms with Crippen LogP contribution in [0, 0.1) is 23.3 Å². The SMILES string of the molecule is CCCC(O)COc1c(F)c(F)cc(F)c1F. The van der Waals surface area contributed by atoms with Gasteiger partial charge in [0.15, 0.2) is 17.4 Å². The molecule has 0 saturated heterocycles. The molecule has 0 bridgehead atoms. The third-order valence-corrected chi connectivity index (χ3v) is 2.11. The zero-order valence-corrected chi connectivity index (χ0v) is 9.14. The molecule has 2 nitrogen and oxygen atoms in total. The average molecular weight is 252 g/mol. The summed E-state index contributed by atoms with van der Waals surface area (Å²) in [7, 11) is 0. The summed E-state index contributed by atoms with van der Waals surface area (Å²) < 4.78 is 56.3. The summed E-state index contributed by atoms with van der Waals surface area (Å²) in [5.74, 6) is -7.43. The van der Waals surface area contributed by atoms with Crippen LogP contribution in [-0.2, 0) is 0 Å². The van der Waals surface area contributed by atoms with Crippen molar-refractivity contribution in [3.05, 3.63) is 29.3 Å². The Hall–Kier alpha value is -1.30. The molecule has 1 aromatic rings. The first-order valence-electron chi connectivity index (χ1n) is 5.11. The van der Waals surface area contributed by atoms with Crippen LogP contribution in [-0.4, -0.2) is 17.8 Å². The zero-order valence-electron chi connectivity index (χ0n) is 9.14. The van der Waals surface area contributed by atoms with E-state index >= 15 is 0 Å². The largest absolute Gasteiger partial charge is 0.485 e. The molecule has 0 spiro atoms. The van der Waals surface area contributed by atoms with Gasteiger partial charge in [-0.25, -0.2) is 8.78 Å². The monoisotopic (exact) mass is 252 g/mol. The molecule has 0 amide bonds. The van der Waals surface area contributed by atoms with Gasteiger partial charge in [0.25, 0.3) is 0 Å². The molecule has 1 aromatic carbocycles. The van der Waals surface area contributed by atoms with E-state index in [1.165, 1.54) is 0 Å². The molecule has 0 aliphatic heterocycles. The van der Waals surface area contributed by atoms with Crippen LogP contribution in [0.5, 0.6) is 5.75 Å². The fourth-order valence-electron chi connectivity index (χ4n) is 1.27. The van der Waals surface area contributed by atoms with Crippen molar-refractivity contribution >= 4 is 0 Å². The highest BCUT2D eigenvalue weighted by Crippen LogP contribution is 2.26. The maximum atomic E-state index is 13.1. The quantitative estimate of drug-likeness (QED) is 0.645. The lowest BCUT2D eigenvalue weighted by Gasteiger charge is -2.13. The number of halogens is 4. The van der Waals surface area contributed by atoms with E-state index in [0.29, 0.717) is 12.8 Å². The molecule has 1 N–H and O–H groups in total. The maximum Gasteiger partial charge on any atom is 0.203 e. The van der Waals surface area contributed by atoms with Crippen LogP contribution in [0.2, 0.25) is 0 Å². The van der Waals surface area contributed by atoms with Crippen molar-refractivity contribution in [2.24, 2.45) is 0 Å². The normalized spacial score (nSPS) is 12.6. The summed E-state index contributed by atoms with van der Waals surface area (Å²) in [6.07, 6.45) is 0.0683. The van der Waals surface area contributed by atoms with E-state index in [4.69, 9.17) is 0 Å². The van der Waals surface area contributed by atoms with E-state index in [2.05, 4.69) is 4.74 Å². The minimum atomic E-state index is -1.60. The molecule has 96 valence electrons. The van der Waals surface area contributed by atoms with E-state index in [0.717, 1.165) is 0 Å². The number of hydrogen-bond acceptors (Lipinski definition) is 2. The highest BCUT2D eigenvalue weighted by Gasteiger charge is 2.21. The molecule has 0 saturated carbocycles. The molecular formula is C11H12F4O2. The molecule has 17 heavy (non-hydrogen) atoms. The van der Waals surface area contributed by atoms with Gasteiger partial charge in [0.2, 0.25) is 11.6 Å². The highest BCUT2D eigenvalue weighted by molar-refractivity contribution is 5.28. The molecule has 1 atom stereocenters. The minimum absolute atomic E-state index is 0.0972. The molecule has 0 aliphatic rings. The molecule has 0 fully saturated rings. The summed E-state index contributed by atoms with van der Waals surface area (Å²) in [4.78, 5) is 0. The van der Waals surface area contributed by atoms with E-state index < -0.39 is 41.7 Å². The summed E-state index contributed by atoms with van der Waals surface area (Å²) in [6, 6.07) is 0.0972. The number of benzene rings is 1. The third kappa shape index (κ3) is 3.33. The van der Waals surface area contributed by atoms with Crippen molar-refractivity contribution in [1.29, 1.82) is 0 Å². The van der Waals surface area contributed by atoms with Crippen molar-refractivity contribution in [3.63, 3.8) is 0 Å². The Morgan fingerprint density at radius 3 is 2.18 bits per heavy atom. The number of hydrogen-bond donors (Lipinski definition) is 1. The van der Waals surface area contributed by atoms with Gasteiger partial charge in [-0.2, -0.15) is 8.78 Å². The second-order valence-corrected chi connectivity index (χ2v) is 3.55. The standard InChI is InChI=1S/C11H12F4O2/c1-2-3-6(16)5-17-11-9(14)7(12)4-8(13)10(11)15/h4,6,16H,2-3,5H2,1H3. The molecule has 0 heterocycles. The van der Waals surface area contributed by atoms with E-state index in [1.54, 1.807) is 6.92 Å².